The predicted octanol–water partition coefficient (Wildman–Crippen LogP) is 6.11. The molecule has 4 fully saturated rings. The average molecular weight is 561 g/mol. The number of rotatable bonds is 7. The number of nitro groups is 1. The fourth-order valence-electron chi connectivity index (χ4n) is 7.78. The molecule has 4 aliphatic rings. The largest absolute Gasteiger partial charge is 0.408 e. The van der Waals surface area contributed by atoms with Crippen LogP contribution in [0.4, 0.5) is 16.0 Å². The lowest BCUT2D eigenvalue weighted by Gasteiger charge is -2.61. The smallest absolute Gasteiger partial charge is 0.358 e. The van der Waals surface area contributed by atoms with Gasteiger partial charge < -0.3 is 15.4 Å². The molecule has 0 saturated heterocycles. The molecular weight excluding hydrogens is 534 g/mol. The fraction of sp³-hybridized carbons (Fsp3) is 0.500. The van der Waals surface area contributed by atoms with Crippen molar-refractivity contribution in [3.63, 3.8) is 0 Å². The van der Waals surface area contributed by atoms with E-state index in [0.29, 0.717) is 35.9 Å². The highest BCUT2D eigenvalue weighted by Crippen LogP contribution is 2.65. The molecule has 2 unspecified atom stereocenters. The molecule has 1 aromatic carbocycles. The topological polar surface area (TPSA) is 108 Å². The first kappa shape index (κ1) is 25.3. The quantitative estimate of drug-likeness (QED) is 0.277. The van der Waals surface area contributed by atoms with Gasteiger partial charge >= 0.3 is 5.82 Å². The summed E-state index contributed by atoms with van der Waals surface area (Å²) < 4.78 is 17.4. The van der Waals surface area contributed by atoms with Gasteiger partial charge in [-0.25, -0.2) is 4.39 Å². The van der Waals surface area contributed by atoms with Gasteiger partial charge in [0.25, 0.3) is 0 Å². The number of carbonyl (C=O) groups is 1. The van der Waals surface area contributed by atoms with Crippen LogP contribution >= 0.6 is 23.2 Å². The Morgan fingerprint density at radius 2 is 1.92 bits per heavy atom. The minimum absolute atomic E-state index is 0.0816. The van der Waals surface area contributed by atoms with E-state index in [9.17, 15) is 19.3 Å². The number of amides is 1. The zero-order valence-electron chi connectivity index (χ0n) is 20.8. The van der Waals surface area contributed by atoms with E-state index in [1.807, 2.05) is 0 Å². The van der Waals surface area contributed by atoms with Gasteiger partial charge in [0.2, 0.25) is 5.91 Å². The molecule has 38 heavy (non-hydrogen) atoms. The van der Waals surface area contributed by atoms with E-state index in [2.05, 4.69) is 15.5 Å². The maximum atomic E-state index is 14.1. The first-order valence-electron chi connectivity index (χ1n) is 12.7. The van der Waals surface area contributed by atoms with Crippen molar-refractivity contribution in [1.29, 1.82) is 0 Å². The number of nitrogens with zero attached hydrogens (tertiary/aromatic N) is 5. The van der Waals surface area contributed by atoms with Crippen LogP contribution in [0.3, 0.4) is 0 Å². The zero-order chi connectivity index (χ0) is 26.8. The van der Waals surface area contributed by atoms with E-state index in [4.69, 9.17) is 23.2 Å². The van der Waals surface area contributed by atoms with Crippen molar-refractivity contribution in [1.82, 2.24) is 19.6 Å². The van der Waals surface area contributed by atoms with E-state index < -0.39 is 4.92 Å². The molecule has 0 radical (unpaired) electrons. The Labute approximate surface area is 228 Å². The third-order valence-corrected chi connectivity index (χ3v) is 9.32. The minimum atomic E-state index is -0.537. The van der Waals surface area contributed by atoms with Gasteiger partial charge in [0.1, 0.15) is 10.8 Å². The van der Waals surface area contributed by atoms with E-state index in [0.717, 1.165) is 32.1 Å². The Balaban J connectivity index is 1.21. The molecule has 1 amide bonds. The predicted molar refractivity (Wildman–Crippen MR) is 140 cm³/mol. The number of halogens is 3. The summed E-state index contributed by atoms with van der Waals surface area (Å²) in [7, 11) is 0. The number of hydrogen-bond acceptors (Lipinski definition) is 5. The van der Waals surface area contributed by atoms with Gasteiger partial charge in [-0.1, -0.05) is 41.4 Å². The van der Waals surface area contributed by atoms with Crippen LogP contribution in [0, 0.1) is 40.1 Å². The summed E-state index contributed by atoms with van der Waals surface area (Å²) >= 11 is 12.7. The summed E-state index contributed by atoms with van der Waals surface area (Å²) in [5, 5.41) is 23.5. The molecule has 3 aromatic rings. The third-order valence-electron chi connectivity index (χ3n) is 8.60. The van der Waals surface area contributed by atoms with Crippen molar-refractivity contribution in [2.45, 2.75) is 64.0 Å². The van der Waals surface area contributed by atoms with E-state index in [1.54, 1.807) is 36.0 Å². The van der Waals surface area contributed by atoms with Crippen molar-refractivity contribution in [2.24, 2.45) is 17.3 Å². The summed E-state index contributed by atoms with van der Waals surface area (Å²) in [4.78, 5) is 24.3. The number of carbonyl (C=O) groups excluding carboxylic acids is 1. The van der Waals surface area contributed by atoms with Crippen LogP contribution < -0.4 is 5.32 Å². The SMILES string of the molecule is Cc1c(Cl)c([N+](=O)[O-])nn1C12CC3CC(CC(CC(=O)Nc4nn(Cc5ccccc5F)cc4Cl)(C3)C1)C2. The molecule has 0 aliphatic heterocycles. The van der Waals surface area contributed by atoms with Gasteiger partial charge in [-0.2, -0.15) is 9.78 Å². The highest BCUT2D eigenvalue weighted by atomic mass is 35.5. The van der Waals surface area contributed by atoms with Gasteiger partial charge in [-0.3, -0.25) is 9.48 Å². The van der Waals surface area contributed by atoms with Crippen LogP contribution in [0.25, 0.3) is 0 Å². The summed E-state index contributed by atoms with van der Waals surface area (Å²) in [6.07, 6.45) is 7.33. The lowest BCUT2D eigenvalue weighted by molar-refractivity contribution is -0.389. The minimum Gasteiger partial charge on any atom is -0.358 e. The lowest BCUT2D eigenvalue weighted by Crippen LogP contribution is -2.57. The Hall–Kier alpha value is -2.98. The molecule has 200 valence electrons. The first-order chi connectivity index (χ1) is 18.1. The molecule has 0 spiro atoms. The highest BCUT2D eigenvalue weighted by molar-refractivity contribution is 6.33. The normalized spacial score (nSPS) is 27.6. The van der Waals surface area contributed by atoms with Crippen LogP contribution in [0.2, 0.25) is 10.0 Å². The van der Waals surface area contributed by atoms with E-state index >= 15 is 0 Å². The summed E-state index contributed by atoms with van der Waals surface area (Å²) in [5.74, 6) is 0.272. The van der Waals surface area contributed by atoms with Crippen LogP contribution in [0.1, 0.15) is 56.2 Å². The van der Waals surface area contributed by atoms with Crippen LogP contribution in [-0.2, 0) is 16.9 Å². The van der Waals surface area contributed by atoms with Crippen molar-refractivity contribution >= 4 is 40.7 Å². The molecule has 4 aliphatic carbocycles. The average Bonchev–Trinajstić information content (AvgIpc) is 3.32. The molecule has 2 aromatic heterocycles. The van der Waals surface area contributed by atoms with Gasteiger partial charge in [0.15, 0.2) is 10.8 Å². The van der Waals surface area contributed by atoms with Gasteiger partial charge in [-0.15, -0.1) is 0 Å². The summed E-state index contributed by atoms with van der Waals surface area (Å²) in [6, 6.07) is 6.44. The van der Waals surface area contributed by atoms with Crippen LogP contribution in [0.5, 0.6) is 0 Å². The second kappa shape index (κ2) is 9.05. The number of hydrogen-bond donors (Lipinski definition) is 1. The van der Waals surface area contributed by atoms with Gasteiger partial charge in [0, 0.05) is 18.2 Å². The molecule has 2 heterocycles. The van der Waals surface area contributed by atoms with Gasteiger partial charge in [-0.05, 0) is 73.7 Å². The maximum Gasteiger partial charge on any atom is 0.408 e. The number of aromatic nitrogens is 4. The molecule has 7 rings (SSSR count). The summed E-state index contributed by atoms with van der Waals surface area (Å²) in [6.45, 7) is 1.97. The molecule has 4 bridgehead atoms. The Kier molecular flexibility index (Phi) is 6.03. The Bertz CT molecular complexity index is 1440. The third kappa shape index (κ3) is 4.27. The van der Waals surface area contributed by atoms with Crippen molar-refractivity contribution in [3.8, 4) is 0 Å². The second-order valence-electron chi connectivity index (χ2n) is 11.4. The van der Waals surface area contributed by atoms with Gasteiger partial charge in [0.05, 0.1) is 22.9 Å². The monoisotopic (exact) mass is 560 g/mol. The molecule has 12 heteroatoms. The fourth-order valence-corrected chi connectivity index (χ4v) is 8.17. The highest BCUT2D eigenvalue weighted by Gasteiger charge is 2.61. The lowest BCUT2D eigenvalue weighted by atomic mass is 9.46. The van der Waals surface area contributed by atoms with E-state index in [1.165, 1.54) is 10.7 Å². The number of nitrogens with one attached hydrogen (secondary N) is 1. The molecule has 1 N–H and O–H groups in total. The molecule has 9 nitrogen and oxygen atoms in total. The number of anilines is 1. The number of benzene rings is 1. The summed E-state index contributed by atoms with van der Waals surface area (Å²) in [5.41, 5.74) is 0.450. The van der Waals surface area contributed by atoms with Crippen molar-refractivity contribution < 1.29 is 14.1 Å². The maximum absolute atomic E-state index is 14.1. The molecule has 4 saturated carbocycles. The van der Waals surface area contributed by atoms with Crippen molar-refractivity contribution in [3.05, 3.63) is 67.7 Å². The van der Waals surface area contributed by atoms with Crippen molar-refractivity contribution in [2.75, 3.05) is 5.32 Å². The zero-order valence-corrected chi connectivity index (χ0v) is 22.3. The molecule has 2 atom stereocenters. The first-order valence-corrected chi connectivity index (χ1v) is 13.5. The second-order valence-corrected chi connectivity index (χ2v) is 12.2. The molecular formula is C26H27Cl2FN6O3. The van der Waals surface area contributed by atoms with Crippen LogP contribution in [-0.4, -0.2) is 30.4 Å². The van der Waals surface area contributed by atoms with Crippen LogP contribution in [0.15, 0.2) is 30.5 Å². The van der Waals surface area contributed by atoms with E-state index in [-0.39, 0.29) is 50.9 Å². The Morgan fingerprint density at radius 1 is 1.21 bits per heavy atom. The standard InChI is InChI=1S/C26H27Cl2FN6O3/c1-15-22(28)24(35(37)38)32-34(15)26-9-16-6-17(10-26)8-25(7-16,14-26)11-21(36)30-23-19(27)13-33(31-23)12-18-4-2-3-5-20(18)29/h2-5,13,16-17H,6-12,14H2,1H3,(H,30,31,36). The Morgan fingerprint density at radius 3 is 2.58 bits per heavy atom.